The van der Waals surface area contributed by atoms with Crippen molar-refractivity contribution in [1.29, 1.82) is 0 Å². The lowest BCUT2D eigenvalue weighted by atomic mass is 10.2. The Morgan fingerprint density at radius 2 is 1.86 bits per heavy atom. The molecule has 0 spiro atoms. The smallest absolute Gasteiger partial charge is 0.410 e. The van der Waals surface area contributed by atoms with Crippen LogP contribution in [-0.4, -0.2) is 43.2 Å². The predicted octanol–water partition coefficient (Wildman–Crippen LogP) is 2.12. The third-order valence-corrected chi connectivity index (χ3v) is 4.43. The van der Waals surface area contributed by atoms with Crippen LogP contribution in [0.3, 0.4) is 0 Å². The highest BCUT2D eigenvalue weighted by atomic mass is 16.6. The first kappa shape index (κ1) is 15.3. The van der Waals surface area contributed by atoms with Crippen LogP contribution in [0.15, 0.2) is 24.3 Å². The molecule has 1 saturated heterocycles. The Hall–Kier alpha value is -1.59. The fourth-order valence-electron chi connectivity index (χ4n) is 3.16. The number of hydrogen-bond donors (Lipinski definition) is 2. The van der Waals surface area contributed by atoms with Crippen molar-refractivity contribution in [3.8, 4) is 5.75 Å². The molecule has 1 saturated carbocycles. The Balaban J connectivity index is 1.47. The summed E-state index contributed by atoms with van der Waals surface area (Å²) in [6.45, 7) is 5.24. The molecule has 5 heteroatoms. The number of ether oxygens (including phenoxy) is 1. The molecule has 5 nitrogen and oxygen atoms in total. The lowest BCUT2D eigenvalue weighted by Crippen LogP contribution is -2.42. The van der Waals surface area contributed by atoms with Crippen LogP contribution < -0.4 is 15.4 Å². The molecule has 1 aromatic rings. The molecule has 3 rings (SSSR count). The third-order valence-electron chi connectivity index (χ3n) is 4.43. The van der Waals surface area contributed by atoms with E-state index >= 15 is 0 Å². The van der Waals surface area contributed by atoms with E-state index in [0.29, 0.717) is 11.8 Å². The summed E-state index contributed by atoms with van der Waals surface area (Å²) in [7, 11) is 0. The van der Waals surface area contributed by atoms with Crippen LogP contribution >= 0.6 is 0 Å². The maximum absolute atomic E-state index is 11.8. The van der Waals surface area contributed by atoms with Gasteiger partial charge >= 0.3 is 6.09 Å². The highest BCUT2D eigenvalue weighted by Crippen LogP contribution is 2.18. The molecule has 0 bridgehead atoms. The van der Waals surface area contributed by atoms with Gasteiger partial charge in [-0.1, -0.05) is 25.0 Å². The molecule has 2 fully saturated rings. The van der Waals surface area contributed by atoms with Crippen LogP contribution in [0, 0.1) is 0 Å². The number of piperazine rings is 1. The van der Waals surface area contributed by atoms with E-state index in [9.17, 15) is 4.79 Å². The van der Waals surface area contributed by atoms with Crippen LogP contribution in [0.2, 0.25) is 0 Å². The monoisotopic (exact) mass is 303 g/mol. The molecule has 0 radical (unpaired) electrons. The molecular formula is C17H25N3O2. The second kappa shape index (κ2) is 7.61. The topological polar surface area (TPSA) is 53.6 Å². The number of carbonyl (C=O) groups excluding carboxylic acids is 1. The fraction of sp³-hybridized carbons (Fsp3) is 0.588. The molecule has 1 aliphatic carbocycles. The molecule has 1 aliphatic heterocycles. The van der Waals surface area contributed by atoms with Crippen molar-refractivity contribution < 1.29 is 9.53 Å². The van der Waals surface area contributed by atoms with E-state index in [4.69, 9.17) is 4.74 Å². The van der Waals surface area contributed by atoms with Gasteiger partial charge in [0.2, 0.25) is 0 Å². The van der Waals surface area contributed by atoms with Gasteiger partial charge in [-0.2, -0.15) is 0 Å². The molecule has 0 atom stereocenters. The molecule has 0 aromatic heterocycles. The van der Waals surface area contributed by atoms with Crippen molar-refractivity contribution in [2.45, 2.75) is 38.3 Å². The van der Waals surface area contributed by atoms with Crippen molar-refractivity contribution in [2.24, 2.45) is 0 Å². The number of rotatable bonds is 4. The maximum Gasteiger partial charge on any atom is 0.412 e. The minimum absolute atomic E-state index is 0.291. The Kier molecular flexibility index (Phi) is 5.29. The third kappa shape index (κ3) is 4.45. The van der Waals surface area contributed by atoms with Crippen molar-refractivity contribution in [3.05, 3.63) is 29.8 Å². The van der Waals surface area contributed by atoms with Gasteiger partial charge in [0.1, 0.15) is 5.75 Å². The van der Waals surface area contributed by atoms with Crippen molar-refractivity contribution >= 4 is 6.09 Å². The largest absolute Gasteiger partial charge is 0.412 e. The van der Waals surface area contributed by atoms with Crippen molar-refractivity contribution in [3.63, 3.8) is 0 Å². The molecular weight excluding hydrogens is 278 g/mol. The summed E-state index contributed by atoms with van der Waals surface area (Å²) in [5.74, 6) is 0.611. The summed E-state index contributed by atoms with van der Waals surface area (Å²) in [4.78, 5) is 14.3. The maximum atomic E-state index is 11.8. The molecule has 0 unspecified atom stereocenters. The zero-order chi connectivity index (χ0) is 15.2. The van der Waals surface area contributed by atoms with Gasteiger partial charge in [0.25, 0.3) is 0 Å². The van der Waals surface area contributed by atoms with Crippen LogP contribution in [0.1, 0.15) is 31.2 Å². The predicted molar refractivity (Wildman–Crippen MR) is 86.0 cm³/mol. The van der Waals surface area contributed by atoms with Crippen LogP contribution in [-0.2, 0) is 6.54 Å². The van der Waals surface area contributed by atoms with Gasteiger partial charge in [0, 0.05) is 38.8 Å². The van der Waals surface area contributed by atoms with E-state index in [1.807, 2.05) is 24.3 Å². The van der Waals surface area contributed by atoms with Gasteiger partial charge in [-0.15, -0.1) is 0 Å². The molecule has 1 aromatic carbocycles. The summed E-state index contributed by atoms with van der Waals surface area (Å²) in [5, 5.41) is 6.29. The molecule has 1 heterocycles. The van der Waals surface area contributed by atoms with E-state index in [2.05, 4.69) is 15.5 Å². The molecule has 2 N–H and O–H groups in total. The summed E-state index contributed by atoms with van der Waals surface area (Å²) >= 11 is 0. The average Bonchev–Trinajstić information content (AvgIpc) is 3.03. The normalized spacial score (nSPS) is 20.0. The highest BCUT2D eigenvalue weighted by Gasteiger charge is 2.18. The van der Waals surface area contributed by atoms with E-state index in [0.717, 1.165) is 45.6 Å². The minimum Gasteiger partial charge on any atom is -0.410 e. The Morgan fingerprint density at radius 3 is 2.55 bits per heavy atom. The quantitative estimate of drug-likeness (QED) is 0.894. The summed E-state index contributed by atoms with van der Waals surface area (Å²) < 4.78 is 5.35. The number of nitrogens with zero attached hydrogens (tertiary/aromatic N) is 1. The SMILES string of the molecule is O=C(NC1CCCC1)Oc1ccc(CN2CCNCC2)cc1. The fourth-order valence-corrected chi connectivity index (χ4v) is 3.16. The second-order valence-corrected chi connectivity index (χ2v) is 6.19. The minimum atomic E-state index is -0.332. The first-order chi connectivity index (χ1) is 10.8. The summed E-state index contributed by atoms with van der Waals surface area (Å²) in [6, 6.07) is 8.14. The number of nitrogens with one attached hydrogen (secondary N) is 2. The number of amides is 1. The zero-order valence-corrected chi connectivity index (χ0v) is 13.0. The molecule has 2 aliphatic rings. The van der Waals surface area contributed by atoms with Crippen molar-refractivity contribution in [1.82, 2.24) is 15.5 Å². The zero-order valence-electron chi connectivity index (χ0n) is 13.0. The van der Waals surface area contributed by atoms with E-state index in [1.165, 1.54) is 18.4 Å². The second-order valence-electron chi connectivity index (χ2n) is 6.19. The van der Waals surface area contributed by atoms with Crippen molar-refractivity contribution in [2.75, 3.05) is 26.2 Å². The standard InChI is InChI=1S/C17H25N3O2/c21-17(19-15-3-1-2-4-15)22-16-7-5-14(6-8-16)13-20-11-9-18-10-12-20/h5-8,15,18H,1-4,9-13H2,(H,19,21). The number of carbonyl (C=O) groups is 1. The molecule has 22 heavy (non-hydrogen) atoms. The van der Waals surface area contributed by atoms with Crippen LogP contribution in [0.4, 0.5) is 4.79 Å². The van der Waals surface area contributed by atoms with Crippen LogP contribution in [0.5, 0.6) is 5.75 Å². The number of hydrogen-bond acceptors (Lipinski definition) is 4. The molecule has 1 amide bonds. The van der Waals surface area contributed by atoms with E-state index in [-0.39, 0.29) is 6.09 Å². The summed E-state index contributed by atoms with van der Waals surface area (Å²) in [5.41, 5.74) is 1.26. The van der Waals surface area contributed by atoms with Crippen LogP contribution in [0.25, 0.3) is 0 Å². The van der Waals surface area contributed by atoms with Gasteiger partial charge in [-0.3, -0.25) is 4.90 Å². The van der Waals surface area contributed by atoms with Gasteiger partial charge in [0.15, 0.2) is 0 Å². The Morgan fingerprint density at radius 1 is 1.18 bits per heavy atom. The van der Waals surface area contributed by atoms with Gasteiger partial charge in [-0.05, 0) is 30.5 Å². The van der Waals surface area contributed by atoms with Gasteiger partial charge in [0.05, 0.1) is 0 Å². The highest BCUT2D eigenvalue weighted by molar-refractivity contribution is 5.70. The summed E-state index contributed by atoms with van der Waals surface area (Å²) in [6.07, 6.45) is 4.20. The van der Waals surface area contributed by atoms with Gasteiger partial charge < -0.3 is 15.4 Å². The molecule has 120 valence electrons. The first-order valence-electron chi connectivity index (χ1n) is 8.30. The van der Waals surface area contributed by atoms with E-state index in [1.54, 1.807) is 0 Å². The Labute approximate surface area is 132 Å². The van der Waals surface area contributed by atoms with Gasteiger partial charge in [-0.25, -0.2) is 4.79 Å². The average molecular weight is 303 g/mol. The first-order valence-corrected chi connectivity index (χ1v) is 8.30. The van der Waals surface area contributed by atoms with E-state index < -0.39 is 0 Å². The Bertz CT molecular complexity index is 477. The lowest BCUT2D eigenvalue weighted by molar-refractivity contribution is 0.196. The number of benzene rings is 1. The lowest BCUT2D eigenvalue weighted by Gasteiger charge is -2.27.